The zero-order valence-corrected chi connectivity index (χ0v) is 31.2. The molecule has 2 aliphatic carbocycles. The van der Waals surface area contributed by atoms with Gasteiger partial charge in [0.25, 0.3) is 0 Å². The Kier molecular flexibility index (Phi) is 7.77. The summed E-state index contributed by atoms with van der Waals surface area (Å²) in [6.07, 6.45) is 4.32. The van der Waals surface area contributed by atoms with Gasteiger partial charge in [-0.1, -0.05) is 152 Å². The largest absolute Gasteiger partial charge is 0.456 e. The Hall–Kier alpha value is -6.64. The summed E-state index contributed by atoms with van der Waals surface area (Å²) in [6, 6.07) is 71.4. The normalized spacial score (nSPS) is 16.3. The Morgan fingerprint density at radius 2 is 1.09 bits per heavy atom. The molecule has 2 aliphatic rings. The van der Waals surface area contributed by atoms with Crippen LogP contribution >= 0.6 is 0 Å². The Labute approximate surface area is 328 Å². The van der Waals surface area contributed by atoms with E-state index in [2.05, 4.69) is 199 Å². The third kappa shape index (κ3) is 5.17. The summed E-state index contributed by atoms with van der Waals surface area (Å²) in [7, 11) is 0. The van der Waals surface area contributed by atoms with Gasteiger partial charge in [0.2, 0.25) is 0 Å². The van der Waals surface area contributed by atoms with E-state index >= 15 is 0 Å². The van der Waals surface area contributed by atoms with Crippen molar-refractivity contribution in [3.63, 3.8) is 0 Å². The molecule has 1 unspecified atom stereocenters. The quantitative estimate of drug-likeness (QED) is 0.153. The number of benzene rings is 8. The van der Waals surface area contributed by atoms with Crippen LogP contribution in [0.3, 0.4) is 0 Å². The zero-order chi connectivity index (χ0) is 37.1. The second-order valence-electron chi connectivity index (χ2n) is 15.5. The lowest BCUT2D eigenvalue weighted by Gasteiger charge is -2.37. The number of aryl methyl sites for hydroxylation is 2. The average molecular weight is 720 g/mol. The van der Waals surface area contributed by atoms with Gasteiger partial charge in [0.15, 0.2) is 0 Å². The van der Waals surface area contributed by atoms with Crippen LogP contribution in [0.15, 0.2) is 199 Å². The predicted molar refractivity (Wildman–Crippen MR) is 232 cm³/mol. The van der Waals surface area contributed by atoms with E-state index < -0.39 is 0 Å². The molecule has 1 aromatic heterocycles. The molecule has 0 aliphatic heterocycles. The number of para-hydroxylation sites is 3. The second-order valence-corrected chi connectivity index (χ2v) is 15.5. The van der Waals surface area contributed by atoms with Crippen molar-refractivity contribution in [2.24, 2.45) is 0 Å². The van der Waals surface area contributed by atoms with Crippen molar-refractivity contribution in [2.45, 2.75) is 37.0 Å². The molecule has 0 bridgehead atoms. The fraction of sp³-hybridized carbons (Fsp3) is 0.111. The minimum Gasteiger partial charge on any atom is -0.456 e. The highest BCUT2D eigenvalue weighted by molar-refractivity contribution is 6.05. The number of fused-ring (bicyclic) bond motifs is 7. The van der Waals surface area contributed by atoms with Gasteiger partial charge in [0, 0.05) is 33.4 Å². The van der Waals surface area contributed by atoms with Crippen LogP contribution < -0.4 is 4.90 Å². The van der Waals surface area contributed by atoms with Crippen LogP contribution in [0.25, 0.3) is 33.1 Å². The van der Waals surface area contributed by atoms with Gasteiger partial charge < -0.3 is 9.32 Å². The number of furan rings is 1. The second kappa shape index (κ2) is 13.3. The lowest BCUT2D eigenvalue weighted by molar-refractivity contribution is 0.503. The van der Waals surface area contributed by atoms with Gasteiger partial charge in [0.05, 0.1) is 11.4 Å². The van der Waals surface area contributed by atoms with Crippen molar-refractivity contribution in [2.75, 3.05) is 4.90 Å². The zero-order valence-electron chi connectivity index (χ0n) is 31.2. The molecule has 2 heteroatoms. The van der Waals surface area contributed by atoms with Crippen LogP contribution in [-0.2, 0) is 18.3 Å². The highest BCUT2D eigenvalue weighted by Crippen LogP contribution is 2.59. The highest BCUT2D eigenvalue weighted by atomic mass is 16.3. The fourth-order valence-electron chi connectivity index (χ4n) is 10.3. The van der Waals surface area contributed by atoms with Gasteiger partial charge in [-0.25, -0.2) is 0 Å². The summed E-state index contributed by atoms with van der Waals surface area (Å²) in [5, 5.41) is 2.34. The van der Waals surface area contributed by atoms with Gasteiger partial charge >= 0.3 is 0 Å². The van der Waals surface area contributed by atoms with Gasteiger partial charge in [-0.3, -0.25) is 0 Å². The lowest BCUT2D eigenvalue weighted by Crippen LogP contribution is -2.27. The van der Waals surface area contributed by atoms with Crippen LogP contribution in [0.1, 0.15) is 57.7 Å². The molecule has 8 aromatic carbocycles. The standard InChI is InChI=1S/C54H41NO/c1-4-16-37(17-5-1)43-24-10-12-27-47(43)55(42-22-8-3-9-23-42)48-28-15-21-40-33-35-54(53(40)48)34-32-39-20-14-26-45(52(39)54)51(38-18-6-2-7-19-38)41-30-31-50-46(36-41)44-25-11-13-29-49(44)56-50/h1-31,36,51H,32-35H2/t51?,54-/m1/s1. The molecule has 0 fully saturated rings. The Bertz CT molecular complexity index is 2870. The maximum Gasteiger partial charge on any atom is 0.135 e. The molecule has 268 valence electrons. The number of anilines is 3. The smallest absolute Gasteiger partial charge is 0.135 e. The summed E-state index contributed by atoms with van der Waals surface area (Å²) < 4.78 is 6.33. The van der Waals surface area contributed by atoms with E-state index in [9.17, 15) is 0 Å². The first-order valence-electron chi connectivity index (χ1n) is 20.0. The van der Waals surface area contributed by atoms with Crippen LogP contribution in [0.4, 0.5) is 17.1 Å². The van der Waals surface area contributed by atoms with Crippen molar-refractivity contribution in [3.05, 3.63) is 233 Å². The molecule has 2 atom stereocenters. The molecule has 11 rings (SSSR count). The molecule has 0 radical (unpaired) electrons. The van der Waals surface area contributed by atoms with Gasteiger partial charge in [0.1, 0.15) is 11.2 Å². The van der Waals surface area contributed by atoms with Crippen molar-refractivity contribution < 1.29 is 4.42 Å². The molecule has 56 heavy (non-hydrogen) atoms. The number of hydrogen-bond donors (Lipinski definition) is 0. The van der Waals surface area contributed by atoms with Crippen molar-refractivity contribution in [1.29, 1.82) is 0 Å². The van der Waals surface area contributed by atoms with E-state index in [4.69, 9.17) is 4.42 Å². The van der Waals surface area contributed by atoms with Crippen molar-refractivity contribution in [1.82, 2.24) is 0 Å². The molecule has 0 N–H and O–H groups in total. The third-order valence-electron chi connectivity index (χ3n) is 12.6. The molecule has 9 aromatic rings. The molecular formula is C54H41NO. The topological polar surface area (TPSA) is 16.4 Å². The van der Waals surface area contributed by atoms with Crippen LogP contribution in [0.5, 0.6) is 0 Å². The Balaban J connectivity index is 1.14. The monoisotopic (exact) mass is 719 g/mol. The summed E-state index contributed by atoms with van der Waals surface area (Å²) in [5.74, 6) is 0.0550. The maximum absolute atomic E-state index is 6.33. The predicted octanol–water partition coefficient (Wildman–Crippen LogP) is 14.1. The highest BCUT2D eigenvalue weighted by Gasteiger charge is 2.49. The van der Waals surface area contributed by atoms with Crippen molar-refractivity contribution >= 4 is 39.0 Å². The van der Waals surface area contributed by atoms with E-state index in [-0.39, 0.29) is 11.3 Å². The minimum absolute atomic E-state index is 0.0550. The Morgan fingerprint density at radius 3 is 1.89 bits per heavy atom. The molecule has 1 heterocycles. The molecule has 0 saturated carbocycles. The van der Waals surface area contributed by atoms with Crippen LogP contribution in [0.2, 0.25) is 0 Å². The van der Waals surface area contributed by atoms with Gasteiger partial charge in [-0.2, -0.15) is 0 Å². The molecule has 2 nitrogen and oxygen atoms in total. The number of nitrogens with zero attached hydrogens (tertiary/aromatic N) is 1. The van der Waals surface area contributed by atoms with Crippen LogP contribution in [0, 0.1) is 0 Å². The Morgan fingerprint density at radius 1 is 0.464 bits per heavy atom. The summed E-state index contributed by atoms with van der Waals surface area (Å²) in [6.45, 7) is 0. The first-order chi connectivity index (χ1) is 27.8. The van der Waals surface area contributed by atoms with Gasteiger partial charge in [-0.15, -0.1) is 0 Å². The molecule has 0 amide bonds. The summed E-state index contributed by atoms with van der Waals surface area (Å²) in [5.41, 5.74) is 17.8. The maximum atomic E-state index is 6.33. The lowest BCUT2D eigenvalue weighted by atomic mass is 9.70. The van der Waals surface area contributed by atoms with Gasteiger partial charge in [-0.05, 0) is 113 Å². The van der Waals surface area contributed by atoms with Crippen LogP contribution in [-0.4, -0.2) is 0 Å². The van der Waals surface area contributed by atoms with E-state index in [0.29, 0.717) is 0 Å². The number of hydrogen-bond acceptors (Lipinski definition) is 2. The SMILES string of the molecule is c1ccc(-c2ccccc2N(c2ccccc2)c2cccc3c2[C@]2(CCc4cccc(C(c5ccccc5)c5ccc6oc7ccccc7c6c5)c42)CC3)cc1. The average Bonchev–Trinajstić information content (AvgIpc) is 3.96. The first kappa shape index (κ1) is 32.8. The van der Waals surface area contributed by atoms with Crippen molar-refractivity contribution in [3.8, 4) is 11.1 Å². The van der Waals surface area contributed by atoms with E-state index in [1.54, 1.807) is 0 Å². The fourth-order valence-corrected chi connectivity index (χ4v) is 10.3. The van der Waals surface area contributed by atoms with E-state index in [1.807, 2.05) is 0 Å². The molecular weight excluding hydrogens is 679 g/mol. The summed E-state index contributed by atoms with van der Waals surface area (Å²) >= 11 is 0. The van der Waals surface area contributed by atoms with E-state index in [1.165, 1.54) is 72.5 Å². The first-order valence-corrected chi connectivity index (χ1v) is 20.0. The molecule has 0 saturated heterocycles. The van der Waals surface area contributed by atoms with E-state index in [0.717, 1.165) is 42.2 Å². The minimum atomic E-state index is -0.133. The summed E-state index contributed by atoms with van der Waals surface area (Å²) in [4.78, 5) is 2.54. The molecule has 1 spiro atoms. The third-order valence-corrected chi connectivity index (χ3v) is 12.6. The number of rotatable bonds is 7.